The maximum atomic E-state index is 10.7. The predicted molar refractivity (Wildman–Crippen MR) is 58.2 cm³/mol. The van der Waals surface area contributed by atoms with Crippen molar-refractivity contribution in [1.29, 1.82) is 0 Å². The number of nitro benzene ring substituents is 1. The van der Waals surface area contributed by atoms with Gasteiger partial charge in [0.2, 0.25) is 0 Å². The molecule has 0 aliphatic heterocycles. The molecule has 0 aliphatic carbocycles. The van der Waals surface area contributed by atoms with E-state index in [9.17, 15) is 10.1 Å². The summed E-state index contributed by atoms with van der Waals surface area (Å²) in [5.74, 6) is 0. The lowest BCUT2D eigenvalue weighted by molar-refractivity contribution is -0.383. The van der Waals surface area contributed by atoms with E-state index in [1.54, 1.807) is 6.07 Å². The number of non-ortho nitro benzene ring substituents is 1. The Morgan fingerprint density at radius 3 is 2.86 bits per heavy atom. The van der Waals surface area contributed by atoms with E-state index < -0.39 is 0 Å². The van der Waals surface area contributed by atoms with Gasteiger partial charge in [-0.3, -0.25) is 10.1 Å². The second kappa shape index (κ2) is 3.22. The van der Waals surface area contributed by atoms with Gasteiger partial charge >= 0.3 is 0 Å². The highest BCUT2D eigenvalue weighted by molar-refractivity contribution is 7.18. The summed E-state index contributed by atoms with van der Waals surface area (Å²) in [5.41, 5.74) is 1.03. The zero-order valence-corrected chi connectivity index (χ0v) is 8.85. The normalized spacial score (nSPS) is 10.7. The maximum Gasteiger partial charge on any atom is 0.278 e. The molecule has 14 heavy (non-hydrogen) atoms. The summed E-state index contributed by atoms with van der Waals surface area (Å²) < 4.78 is 0.790. The Morgan fingerprint density at radius 2 is 2.21 bits per heavy atom. The molecule has 0 N–H and O–H groups in total. The van der Waals surface area contributed by atoms with Crippen molar-refractivity contribution >= 4 is 38.7 Å². The minimum atomic E-state index is -0.377. The highest BCUT2D eigenvalue weighted by Gasteiger charge is 2.16. The van der Waals surface area contributed by atoms with E-state index >= 15 is 0 Å². The third kappa shape index (κ3) is 1.27. The predicted octanol–water partition coefficient (Wildman–Crippen LogP) is 3.77. The van der Waals surface area contributed by atoms with Gasteiger partial charge in [0.15, 0.2) is 0 Å². The molecule has 0 fully saturated rings. The molecule has 0 unspecified atom stereocenters. The van der Waals surface area contributed by atoms with Crippen molar-refractivity contribution in [3.63, 3.8) is 0 Å². The van der Waals surface area contributed by atoms with Gasteiger partial charge in [0.25, 0.3) is 5.69 Å². The lowest BCUT2D eigenvalue weighted by Crippen LogP contribution is -1.88. The first-order chi connectivity index (χ1) is 6.61. The second-order valence-corrected chi connectivity index (χ2v) is 4.23. The number of aryl methyl sites for hydroxylation is 1. The lowest BCUT2D eigenvalue weighted by atomic mass is 10.1. The van der Waals surface area contributed by atoms with Gasteiger partial charge in [0, 0.05) is 6.07 Å². The van der Waals surface area contributed by atoms with Crippen LogP contribution in [-0.2, 0) is 0 Å². The van der Waals surface area contributed by atoms with Gasteiger partial charge in [-0.25, -0.2) is 0 Å². The molecular weight excluding hydrogens is 222 g/mol. The van der Waals surface area contributed by atoms with Gasteiger partial charge in [-0.15, -0.1) is 11.3 Å². The molecule has 0 amide bonds. The van der Waals surface area contributed by atoms with Crippen LogP contribution in [0.3, 0.4) is 0 Å². The average Bonchev–Trinajstić information content (AvgIpc) is 2.50. The summed E-state index contributed by atoms with van der Waals surface area (Å²) >= 11 is 7.37. The van der Waals surface area contributed by atoms with Gasteiger partial charge < -0.3 is 0 Å². The number of hydrogen-bond donors (Lipinski definition) is 0. The molecular formula is C9H6ClNO2S. The molecule has 1 aromatic heterocycles. The summed E-state index contributed by atoms with van der Waals surface area (Å²) in [7, 11) is 0. The summed E-state index contributed by atoms with van der Waals surface area (Å²) in [6, 6.07) is 3.02. The van der Waals surface area contributed by atoms with E-state index in [1.165, 1.54) is 17.4 Å². The molecule has 0 saturated carbocycles. The Kier molecular flexibility index (Phi) is 2.17. The second-order valence-electron chi connectivity index (χ2n) is 2.95. The third-order valence-corrected chi connectivity index (χ3v) is 3.59. The number of fused-ring (bicyclic) bond motifs is 1. The first-order valence-electron chi connectivity index (χ1n) is 3.92. The Morgan fingerprint density at radius 1 is 1.50 bits per heavy atom. The Balaban J connectivity index is 2.92. The molecule has 2 aromatic rings. The summed E-state index contributed by atoms with van der Waals surface area (Å²) in [5, 5.41) is 13.9. The number of halogens is 1. The van der Waals surface area contributed by atoms with Crippen molar-refractivity contribution in [2.45, 2.75) is 6.92 Å². The number of thiophene rings is 1. The van der Waals surface area contributed by atoms with Crippen molar-refractivity contribution in [1.82, 2.24) is 0 Å². The first-order valence-corrected chi connectivity index (χ1v) is 5.17. The van der Waals surface area contributed by atoms with E-state index in [-0.39, 0.29) is 10.6 Å². The van der Waals surface area contributed by atoms with Gasteiger partial charge in [-0.1, -0.05) is 11.6 Å². The minimum Gasteiger partial charge on any atom is -0.258 e. The van der Waals surface area contributed by atoms with E-state index in [4.69, 9.17) is 11.6 Å². The van der Waals surface area contributed by atoms with Crippen LogP contribution in [0, 0.1) is 17.0 Å². The monoisotopic (exact) mass is 227 g/mol. The van der Waals surface area contributed by atoms with Crippen LogP contribution in [0.25, 0.3) is 10.1 Å². The molecule has 3 nitrogen and oxygen atoms in total. The van der Waals surface area contributed by atoms with E-state index in [1.807, 2.05) is 12.3 Å². The maximum absolute atomic E-state index is 10.7. The van der Waals surface area contributed by atoms with Crippen LogP contribution in [0.1, 0.15) is 5.56 Å². The minimum absolute atomic E-state index is 0.128. The topological polar surface area (TPSA) is 43.1 Å². The van der Waals surface area contributed by atoms with Crippen LogP contribution in [0.15, 0.2) is 17.5 Å². The highest BCUT2D eigenvalue weighted by Crippen LogP contribution is 2.37. The molecule has 0 atom stereocenters. The Labute approximate surface area is 89.1 Å². The van der Waals surface area contributed by atoms with Crippen LogP contribution >= 0.6 is 22.9 Å². The quantitative estimate of drug-likeness (QED) is 0.550. The zero-order valence-electron chi connectivity index (χ0n) is 7.28. The van der Waals surface area contributed by atoms with Crippen LogP contribution in [0.2, 0.25) is 5.02 Å². The van der Waals surface area contributed by atoms with Gasteiger partial charge in [0.05, 0.1) is 20.0 Å². The molecule has 1 heterocycles. The van der Waals surface area contributed by atoms with E-state index in [0.717, 1.165) is 10.3 Å². The fourth-order valence-corrected chi connectivity index (χ4v) is 2.67. The molecule has 0 radical (unpaired) electrons. The zero-order chi connectivity index (χ0) is 10.3. The molecule has 5 heteroatoms. The smallest absolute Gasteiger partial charge is 0.258 e. The lowest BCUT2D eigenvalue weighted by Gasteiger charge is -1.96. The van der Waals surface area contributed by atoms with Crippen LogP contribution in [0.5, 0.6) is 0 Å². The molecule has 2 rings (SSSR count). The van der Waals surface area contributed by atoms with Crippen LogP contribution in [0.4, 0.5) is 5.69 Å². The molecule has 0 spiro atoms. The molecule has 0 bridgehead atoms. The van der Waals surface area contributed by atoms with Gasteiger partial charge in [0.1, 0.15) is 0 Å². The Bertz CT molecular complexity index is 521. The average molecular weight is 228 g/mol. The fraction of sp³-hybridized carbons (Fsp3) is 0.111. The fourth-order valence-electron chi connectivity index (χ4n) is 1.40. The van der Waals surface area contributed by atoms with Crippen LogP contribution < -0.4 is 0 Å². The van der Waals surface area contributed by atoms with Crippen LogP contribution in [-0.4, -0.2) is 4.92 Å². The number of nitro groups is 1. The molecule has 72 valence electrons. The Hall–Kier alpha value is -1.13. The van der Waals surface area contributed by atoms with Crippen molar-refractivity contribution < 1.29 is 4.92 Å². The number of rotatable bonds is 1. The van der Waals surface area contributed by atoms with Crippen molar-refractivity contribution in [3.05, 3.63) is 38.2 Å². The number of hydrogen-bond acceptors (Lipinski definition) is 3. The standard InChI is InChI=1S/C9H6ClNO2S/c1-5-4-14-9-6(10)2-3-7(8(5)9)11(12)13/h2-4H,1H3. The number of benzene rings is 1. The van der Waals surface area contributed by atoms with E-state index in [2.05, 4.69) is 0 Å². The molecule has 0 saturated heterocycles. The van der Waals surface area contributed by atoms with E-state index in [0.29, 0.717) is 10.4 Å². The first kappa shape index (κ1) is 9.43. The SMILES string of the molecule is Cc1csc2c(Cl)ccc([N+](=O)[O-])c12. The van der Waals surface area contributed by atoms with Gasteiger partial charge in [-0.05, 0) is 23.9 Å². The third-order valence-electron chi connectivity index (χ3n) is 2.03. The molecule has 1 aromatic carbocycles. The summed E-state index contributed by atoms with van der Waals surface area (Å²) in [4.78, 5) is 10.4. The number of nitrogens with zero attached hydrogens (tertiary/aromatic N) is 1. The highest BCUT2D eigenvalue weighted by atomic mass is 35.5. The van der Waals surface area contributed by atoms with Crippen molar-refractivity contribution in [2.24, 2.45) is 0 Å². The largest absolute Gasteiger partial charge is 0.278 e. The van der Waals surface area contributed by atoms with Gasteiger partial charge in [-0.2, -0.15) is 0 Å². The summed E-state index contributed by atoms with van der Waals surface area (Å²) in [6.45, 7) is 1.85. The summed E-state index contributed by atoms with van der Waals surface area (Å²) in [6.07, 6.45) is 0. The van der Waals surface area contributed by atoms with Crippen molar-refractivity contribution in [3.8, 4) is 0 Å². The van der Waals surface area contributed by atoms with Crippen molar-refractivity contribution in [2.75, 3.05) is 0 Å². The molecule has 0 aliphatic rings.